The van der Waals surface area contributed by atoms with Crippen LogP contribution in [0.5, 0.6) is 5.75 Å². The van der Waals surface area contributed by atoms with Crippen molar-refractivity contribution in [3.8, 4) is 5.75 Å². The Balaban J connectivity index is 0.00000324. The van der Waals surface area contributed by atoms with Gasteiger partial charge in [-0.15, -0.1) is 24.0 Å². The van der Waals surface area contributed by atoms with Crippen molar-refractivity contribution in [2.75, 3.05) is 26.7 Å². The van der Waals surface area contributed by atoms with E-state index in [1.165, 1.54) is 5.56 Å². The third kappa shape index (κ3) is 7.92. The zero-order chi connectivity index (χ0) is 13.2. The largest absolute Gasteiger partial charge is 0.492 e. The molecule has 0 aliphatic carbocycles. The number of hydrogen-bond donors (Lipinski definition) is 2. The van der Waals surface area contributed by atoms with Crippen LogP contribution in [0.1, 0.15) is 18.9 Å². The average molecular weight is 377 g/mol. The van der Waals surface area contributed by atoms with Gasteiger partial charge < -0.3 is 15.4 Å². The number of nitrogens with zero attached hydrogens (tertiary/aromatic N) is 1. The molecular formula is C14H24IN3O. The molecule has 1 rings (SSSR count). The molecule has 1 aromatic carbocycles. The van der Waals surface area contributed by atoms with Crippen LogP contribution < -0.4 is 15.4 Å². The minimum atomic E-state index is 0. The molecule has 0 saturated heterocycles. The fourth-order valence-electron chi connectivity index (χ4n) is 1.44. The SMILES string of the molecule is CCCNC(=NC)NCCOc1ccc(C)cc1.I. The monoisotopic (exact) mass is 377 g/mol. The van der Waals surface area contributed by atoms with Gasteiger partial charge in [0.05, 0.1) is 6.54 Å². The second-order valence-electron chi connectivity index (χ2n) is 4.09. The Morgan fingerprint density at radius 2 is 1.79 bits per heavy atom. The first-order valence-electron chi connectivity index (χ1n) is 6.40. The van der Waals surface area contributed by atoms with E-state index >= 15 is 0 Å². The van der Waals surface area contributed by atoms with Gasteiger partial charge in [0, 0.05) is 13.6 Å². The Bertz CT molecular complexity index is 365. The Hall–Kier alpha value is -0.980. The predicted octanol–water partition coefficient (Wildman–Crippen LogP) is 2.57. The van der Waals surface area contributed by atoms with Gasteiger partial charge in [0.1, 0.15) is 12.4 Å². The second kappa shape index (κ2) is 10.9. The van der Waals surface area contributed by atoms with Crippen LogP contribution in [0.15, 0.2) is 29.3 Å². The molecule has 2 N–H and O–H groups in total. The van der Waals surface area contributed by atoms with Crippen LogP contribution in [0.4, 0.5) is 0 Å². The Kier molecular flexibility index (Phi) is 10.3. The number of halogens is 1. The molecule has 4 nitrogen and oxygen atoms in total. The van der Waals surface area contributed by atoms with Crippen LogP contribution in [-0.4, -0.2) is 32.7 Å². The summed E-state index contributed by atoms with van der Waals surface area (Å²) in [4.78, 5) is 4.12. The predicted molar refractivity (Wildman–Crippen MR) is 91.7 cm³/mol. The van der Waals surface area contributed by atoms with Crippen LogP contribution in [0, 0.1) is 6.92 Å². The fourth-order valence-corrected chi connectivity index (χ4v) is 1.44. The van der Waals surface area contributed by atoms with Crippen LogP contribution in [0.3, 0.4) is 0 Å². The number of aliphatic imine (C=N–C) groups is 1. The van der Waals surface area contributed by atoms with Crippen molar-refractivity contribution in [2.45, 2.75) is 20.3 Å². The summed E-state index contributed by atoms with van der Waals surface area (Å²) in [6.45, 7) is 6.47. The van der Waals surface area contributed by atoms with Crippen molar-refractivity contribution in [1.82, 2.24) is 10.6 Å². The van der Waals surface area contributed by atoms with Crippen molar-refractivity contribution >= 4 is 29.9 Å². The van der Waals surface area contributed by atoms with E-state index in [-0.39, 0.29) is 24.0 Å². The van der Waals surface area contributed by atoms with Gasteiger partial charge in [-0.2, -0.15) is 0 Å². The molecule has 0 atom stereocenters. The summed E-state index contributed by atoms with van der Waals surface area (Å²) in [5, 5.41) is 6.41. The van der Waals surface area contributed by atoms with Gasteiger partial charge in [-0.1, -0.05) is 24.6 Å². The van der Waals surface area contributed by atoms with Gasteiger partial charge >= 0.3 is 0 Å². The summed E-state index contributed by atoms with van der Waals surface area (Å²) in [6.07, 6.45) is 1.08. The summed E-state index contributed by atoms with van der Waals surface area (Å²) in [5.41, 5.74) is 1.24. The number of aryl methyl sites for hydroxylation is 1. The van der Waals surface area contributed by atoms with Gasteiger partial charge in [0.25, 0.3) is 0 Å². The number of nitrogens with one attached hydrogen (secondary N) is 2. The highest BCUT2D eigenvalue weighted by atomic mass is 127. The van der Waals surface area contributed by atoms with Gasteiger partial charge in [-0.3, -0.25) is 4.99 Å². The van der Waals surface area contributed by atoms with E-state index in [2.05, 4.69) is 29.5 Å². The van der Waals surface area contributed by atoms with Crippen LogP contribution in [-0.2, 0) is 0 Å². The lowest BCUT2D eigenvalue weighted by molar-refractivity contribution is 0.322. The van der Waals surface area contributed by atoms with Crippen molar-refractivity contribution in [1.29, 1.82) is 0 Å². The van der Waals surface area contributed by atoms with Gasteiger partial charge in [0.2, 0.25) is 0 Å². The van der Waals surface area contributed by atoms with Crippen molar-refractivity contribution in [2.24, 2.45) is 4.99 Å². The smallest absolute Gasteiger partial charge is 0.191 e. The number of benzene rings is 1. The highest BCUT2D eigenvalue weighted by Gasteiger charge is 1.96. The van der Waals surface area contributed by atoms with Gasteiger partial charge in [-0.25, -0.2) is 0 Å². The minimum absolute atomic E-state index is 0. The molecule has 0 saturated carbocycles. The lowest BCUT2D eigenvalue weighted by atomic mass is 10.2. The lowest BCUT2D eigenvalue weighted by Gasteiger charge is -2.11. The molecule has 0 heterocycles. The average Bonchev–Trinajstić information content (AvgIpc) is 2.40. The van der Waals surface area contributed by atoms with E-state index in [4.69, 9.17) is 4.74 Å². The first-order valence-corrected chi connectivity index (χ1v) is 6.40. The van der Waals surface area contributed by atoms with E-state index < -0.39 is 0 Å². The molecule has 0 amide bonds. The van der Waals surface area contributed by atoms with Crippen LogP contribution in [0.2, 0.25) is 0 Å². The zero-order valence-corrected chi connectivity index (χ0v) is 14.2. The van der Waals surface area contributed by atoms with E-state index in [9.17, 15) is 0 Å². The molecular weight excluding hydrogens is 353 g/mol. The standard InChI is InChI=1S/C14H23N3O.HI/c1-4-9-16-14(15-3)17-10-11-18-13-7-5-12(2)6-8-13;/h5-8H,4,9-11H2,1-3H3,(H2,15,16,17);1H. The number of rotatable bonds is 6. The van der Waals surface area contributed by atoms with E-state index in [1.54, 1.807) is 7.05 Å². The van der Waals surface area contributed by atoms with Gasteiger partial charge in [-0.05, 0) is 25.5 Å². The molecule has 1 aromatic rings. The second-order valence-corrected chi connectivity index (χ2v) is 4.09. The molecule has 5 heteroatoms. The quantitative estimate of drug-likeness (QED) is 0.347. The maximum absolute atomic E-state index is 5.62. The first-order chi connectivity index (χ1) is 8.76. The minimum Gasteiger partial charge on any atom is -0.492 e. The molecule has 0 radical (unpaired) electrons. The summed E-state index contributed by atoms with van der Waals surface area (Å²) in [7, 11) is 1.77. The Morgan fingerprint density at radius 1 is 1.16 bits per heavy atom. The first kappa shape index (κ1) is 18.0. The summed E-state index contributed by atoms with van der Waals surface area (Å²) >= 11 is 0. The molecule has 19 heavy (non-hydrogen) atoms. The fraction of sp³-hybridized carbons (Fsp3) is 0.500. The van der Waals surface area contributed by atoms with Gasteiger partial charge in [0.15, 0.2) is 5.96 Å². The molecule has 0 fully saturated rings. The van der Waals surface area contributed by atoms with Crippen molar-refractivity contribution in [3.63, 3.8) is 0 Å². The molecule has 0 bridgehead atoms. The van der Waals surface area contributed by atoms with Crippen molar-refractivity contribution in [3.05, 3.63) is 29.8 Å². The highest BCUT2D eigenvalue weighted by Crippen LogP contribution is 2.10. The lowest BCUT2D eigenvalue weighted by Crippen LogP contribution is -2.39. The Labute approximate surface area is 133 Å². The number of ether oxygens (including phenoxy) is 1. The zero-order valence-electron chi connectivity index (χ0n) is 11.9. The third-order valence-corrected chi connectivity index (χ3v) is 2.45. The summed E-state index contributed by atoms with van der Waals surface area (Å²) in [5.74, 6) is 1.73. The molecule has 0 aromatic heterocycles. The number of hydrogen-bond acceptors (Lipinski definition) is 2. The van der Waals surface area contributed by atoms with Crippen LogP contribution >= 0.6 is 24.0 Å². The van der Waals surface area contributed by atoms with Crippen LogP contribution in [0.25, 0.3) is 0 Å². The molecule has 108 valence electrons. The maximum Gasteiger partial charge on any atom is 0.191 e. The molecule has 0 aliphatic heterocycles. The van der Waals surface area contributed by atoms with E-state index in [0.29, 0.717) is 6.61 Å². The maximum atomic E-state index is 5.62. The normalized spacial score (nSPS) is 10.6. The highest BCUT2D eigenvalue weighted by molar-refractivity contribution is 14.0. The summed E-state index contributed by atoms with van der Waals surface area (Å²) < 4.78 is 5.62. The van der Waals surface area contributed by atoms with E-state index in [0.717, 1.165) is 31.2 Å². The molecule has 0 aliphatic rings. The Morgan fingerprint density at radius 3 is 2.37 bits per heavy atom. The summed E-state index contributed by atoms with van der Waals surface area (Å²) in [6, 6.07) is 8.06. The molecule has 0 unspecified atom stereocenters. The van der Waals surface area contributed by atoms with Crippen molar-refractivity contribution < 1.29 is 4.74 Å². The topological polar surface area (TPSA) is 45.7 Å². The number of guanidine groups is 1. The van der Waals surface area contributed by atoms with E-state index in [1.807, 2.05) is 24.3 Å². The molecule has 0 spiro atoms. The third-order valence-electron chi connectivity index (χ3n) is 2.45.